The fraction of sp³-hybridized carbons (Fsp3) is 0.818. The first-order valence-corrected chi connectivity index (χ1v) is 5.50. The Bertz CT molecular complexity index is 294. The van der Waals surface area contributed by atoms with Crippen molar-refractivity contribution in [1.29, 1.82) is 0 Å². The quantitative estimate of drug-likeness (QED) is 0.694. The third-order valence-electron chi connectivity index (χ3n) is 2.34. The van der Waals surface area contributed by atoms with Gasteiger partial charge in [0.2, 0.25) is 5.91 Å². The molecule has 0 radical (unpaired) electrons. The minimum absolute atomic E-state index is 0.0000170. The Hall–Kier alpha value is -1.26. The maximum atomic E-state index is 11.5. The molecule has 1 heterocycles. The molecule has 5 heteroatoms. The molecule has 0 aromatic heterocycles. The summed E-state index contributed by atoms with van der Waals surface area (Å²) in [5, 5.41) is 5.33. The van der Waals surface area contributed by atoms with Crippen molar-refractivity contribution in [2.45, 2.75) is 52.3 Å². The van der Waals surface area contributed by atoms with Crippen molar-refractivity contribution in [3.05, 3.63) is 0 Å². The van der Waals surface area contributed by atoms with Crippen molar-refractivity contribution in [2.24, 2.45) is 5.92 Å². The molecule has 0 bridgehead atoms. The van der Waals surface area contributed by atoms with E-state index in [0.717, 1.165) is 0 Å². The van der Waals surface area contributed by atoms with Crippen LogP contribution in [-0.4, -0.2) is 29.7 Å². The van der Waals surface area contributed by atoms with Gasteiger partial charge in [-0.05, 0) is 26.7 Å². The van der Waals surface area contributed by atoms with E-state index in [1.54, 1.807) is 20.8 Å². The monoisotopic (exact) mass is 228 g/mol. The van der Waals surface area contributed by atoms with Crippen LogP contribution in [-0.2, 0) is 9.53 Å². The van der Waals surface area contributed by atoms with Crippen LogP contribution in [0.3, 0.4) is 0 Å². The van der Waals surface area contributed by atoms with E-state index in [2.05, 4.69) is 10.6 Å². The molecule has 0 saturated carbocycles. The zero-order valence-corrected chi connectivity index (χ0v) is 10.5. The first kappa shape index (κ1) is 12.8. The normalized spacial score (nSPS) is 24.8. The second-order valence-electron chi connectivity index (χ2n) is 5.40. The fourth-order valence-corrected chi connectivity index (χ4v) is 1.55. The van der Waals surface area contributed by atoms with E-state index < -0.39 is 17.7 Å². The molecular weight excluding hydrogens is 208 g/mol. The van der Waals surface area contributed by atoms with Crippen LogP contribution >= 0.6 is 0 Å². The highest BCUT2D eigenvalue weighted by atomic mass is 16.6. The van der Waals surface area contributed by atoms with Gasteiger partial charge in [-0.1, -0.05) is 13.8 Å². The van der Waals surface area contributed by atoms with E-state index in [9.17, 15) is 9.59 Å². The molecule has 0 aromatic rings. The zero-order chi connectivity index (χ0) is 12.5. The van der Waals surface area contributed by atoms with Crippen molar-refractivity contribution in [3.63, 3.8) is 0 Å². The molecule has 0 unspecified atom stereocenters. The molecule has 16 heavy (non-hydrogen) atoms. The smallest absolute Gasteiger partial charge is 0.408 e. The Morgan fingerprint density at radius 1 is 1.44 bits per heavy atom. The second kappa shape index (κ2) is 4.31. The molecule has 1 aliphatic rings. The summed E-state index contributed by atoms with van der Waals surface area (Å²) in [4.78, 5) is 22.7. The molecule has 2 atom stereocenters. The molecule has 2 N–H and O–H groups in total. The van der Waals surface area contributed by atoms with E-state index in [0.29, 0.717) is 0 Å². The van der Waals surface area contributed by atoms with Gasteiger partial charge in [0.25, 0.3) is 0 Å². The van der Waals surface area contributed by atoms with E-state index in [1.165, 1.54) is 0 Å². The SMILES string of the molecule is CC(C)[C@H]1NC(=O)[C@H]1NC(=O)OC(C)(C)C. The van der Waals surface area contributed by atoms with Crippen LogP contribution < -0.4 is 10.6 Å². The average Bonchev–Trinajstić information content (AvgIpc) is 2.07. The van der Waals surface area contributed by atoms with Crippen molar-refractivity contribution in [3.8, 4) is 0 Å². The Labute approximate surface area is 95.9 Å². The van der Waals surface area contributed by atoms with Gasteiger partial charge < -0.3 is 15.4 Å². The topological polar surface area (TPSA) is 67.4 Å². The highest BCUT2D eigenvalue weighted by Gasteiger charge is 2.42. The third-order valence-corrected chi connectivity index (χ3v) is 2.34. The van der Waals surface area contributed by atoms with Gasteiger partial charge in [-0.15, -0.1) is 0 Å². The van der Waals surface area contributed by atoms with Crippen molar-refractivity contribution in [1.82, 2.24) is 10.6 Å². The van der Waals surface area contributed by atoms with Crippen LogP contribution in [0.2, 0.25) is 0 Å². The van der Waals surface area contributed by atoms with E-state index >= 15 is 0 Å². The first-order valence-electron chi connectivity index (χ1n) is 5.50. The van der Waals surface area contributed by atoms with Gasteiger partial charge in [-0.2, -0.15) is 0 Å². The van der Waals surface area contributed by atoms with Crippen LogP contribution in [0.5, 0.6) is 0 Å². The molecule has 2 amide bonds. The lowest BCUT2D eigenvalue weighted by Gasteiger charge is -2.39. The lowest BCUT2D eigenvalue weighted by molar-refractivity contribution is -0.132. The molecule has 0 aliphatic carbocycles. The van der Waals surface area contributed by atoms with Gasteiger partial charge in [-0.3, -0.25) is 4.79 Å². The molecule has 0 spiro atoms. The summed E-state index contributed by atoms with van der Waals surface area (Å²) in [7, 11) is 0. The van der Waals surface area contributed by atoms with Crippen LogP contribution in [0.15, 0.2) is 0 Å². The largest absolute Gasteiger partial charge is 0.444 e. The molecule has 5 nitrogen and oxygen atoms in total. The van der Waals surface area contributed by atoms with Crippen LogP contribution in [0, 0.1) is 5.92 Å². The summed E-state index contributed by atoms with van der Waals surface area (Å²) < 4.78 is 5.09. The van der Waals surface area contributed by atoms with Gasteiger partial charge in [0.15, 0.2) is 0 Å². The number of carbonyl (C=O) groups excluding carboxylic acids is 2. The van der Waals surface area contributed by atoms with E-state index in [-0.39, 0.29) is 17.9 Å². The Morgan fingerprint density at radius 2 is 2.00 bits per heavy atom. The number of β-lactam (4-membered cyclic amide) rings is 1. The predicted octanol–water partition coefficient (Wildman–Crippen LogP) is 1.03. The summed E-state index contributed by atoms with van der Waals surface area (Å²) in [5.41, 5.74) is -0.544. The number of carbonyl (C=O) groups is 2. The Kier molecular flexibility index (Phi) is 3.45. The summed E-state index contributed by atoms with van der Waals surface area (Å²) >= 11 is 0. The number of hydrogen-bond acceptors (Lipinski definition) is 3. The van der Waals surface area contributed by atoms with Crippen LogP contribution in [0.4, 0.5) is 4.79 Å². The van der Waals surface area contributed by atoms with Crippen molar-refractivity contribution >= 4 is 12.0 Å². The molecule has 1 fully saturated rings. The van der Waals surface area contributed by atoms with Gasteiger partial charge in [0.1, 0.15) is 11.6 Å². The summed E-state index contributed by atoms with van der Waals surface area (Å²) in [6.45, 7) is 9.34. The van der Waals surface area contributed by atoms with Gasteiger partial charge in [0, 0.05) is 0 Å². The van der Waals surface area contributed by atoms with Gasteiger partial charge in [-0.25, -0.2) is 4.79 Å². The van der Waals surface area contributed by atoms with Crippen LogP contribution in [0.1, 0.15) is 34.6 Å². The number of alkyl carbamates (subject to hydrolysis) is 1. The third kappa shape index (κ3) is 3.12. The average molecular weight is 228 g/mol. The highest BCUT2D eigenvalue weighted by molar-refractivity contribution is 5.92. The fourth-order valence-electron chi connectivity index (χ4n) is 1.55. The molecule has 1 aliphatic heterocycles. The Balaban J connectivity index is 2.47. The summed E-state index contributed by atoms with van der Waals surface area (Å²) in [6, 6.07) is -0.463. The maximum Gasteiger partial charge on any atom is 0.408 e. The highest BCUT2D eigenvalue weighted by Crippen LogP contribution is 2.16. The lowest BCUT2D eigenvalue weighted by Crippen LogP contribution is -2.71. The molecule has 0 aromatic carbocycles. The summed E-state index contributed by atoms with van der Waals surface area (Å²) in [5.74, 6) is 0.141. The van der Waals surface area contributed by atoms with Crippen molar-refractivity contribution < 1.29 is 14.3 Å². The number of ether oxygens (including phenoxy) is 1. The molecule has 92 valence electrons. The maximum absolute atomic E-state index is 11.5. The molecular formula is C11H20N2O3. The van der Waals surface area contributed by atoms with E-state index in [4.69, 9.17) is 4.74 Å². The second-order valence-corrected chi connectivity index (χ2v) is 5.40. The summed E-state index contributed by atoms with van der Waals surface area (Å²) in [6.07, 6.45) is -0.544. The van der Waals surface area contributed by atoms with E-state index in [1.807, 2.05) is 13.8 Å². The first-order chi connectivity index (χ1) is 7.20. The molecule has 1 rings (SSSR count). The predicted molar refractivity (Wildman–Crippen MR) is 59.9 cm³/mol. The Morgan fingerprint density at radius 3 is 2.38 bits per heavy atom. The standard InChI is InChI=1S/C11H20N2O3/c1-6(2)7-8(9(14)12-7)13-10(15)16-11(3,4)5/h6-8H,1-5H3,(H,12,14)(H,13,15)/t7-,8+/m1/s1. The minimum Gasteiger partial charge on any atom is -0.444 e. The zero-order valence-electron chi connectivity index (χ0n) is 10.5. The van der Waals surface area contributed by atoms with Crippen molar-refractivity contribution in [2.75, 3.05) is 0 Å². The molecule has 1 saturated heterocycles. The minimum atomic E-state index is -0.544. The van der Waals surface area contributed by atoms with Crippen LogP contribution in [0.25, 0.3) is 0 Å². The lowest BCUT2D eigenvalue weighted by atomic mass is 9.89. The van der Waals surface area contributed by atoms with Gasteiger partial charge in [0.05, 0.1) is 6.04 Å². The number of hydrogen-bond donors (Lipinski definition) is 2. The number of nitrogens with one attached hydrogen (secondary N) is 2. The van der Waals surface area contributed by atoms with Gasteiger partial charge >= 0.3 is 6.09 Å². The number of rotatable bonds is 2. The number of amides is 2.